The highest BCUT2D eigenvalue weighted by Gasteiger charge is 2.11. The number of nitrogens with one attached hydrogen (secondary N) is 1. The standard InChI is InChI=1S/C15H11FN2O2/c1-10(19)20-14-7-3-6-13(15(14)16)18-12-5-2-4-11(8-12)9-17/h2-8,18H,1H3. The van der Waals surface area contributed by atoms with Crippen LogP contribution in [0.15, 0.2) is 42.5 Å². The molecule has 0 fully saturated rings. The van der Waals surface area contributed by atoms with Gasteiger partial charge in [0.15, 0.2) is 11.6 Å². The third kappa shape index (κ3) is 3.12. The van der Waals surface area contributed by atoms with Crippen LogP contribution in [0.3, 0.4) is 0 Å². The van der Waals surface area contributed by atoms with Gasteiger partial charge in [-0.2, -0.15) is 5.26 Å². The molecule has 2 aromatic carbocycles. The Morgan fingerprint density at radius 2 is 2.05 bits per heavy atom. The van der Waals surface area contributed by atoms with Crippen molar-refractivity contribution in [3.63, 3.8) is 0 Å². The van der Waals surface area contributed by atoms with E-state index in [9.17, 15) is 9.18 Å². The molecule has 0 radical (unpaired) electrons. The molecule has 0 aliphatic carbocycles. The van der Waals surface area contributed by atoms with Crippen molar-refractivity contribution in [1.29, 1.82) is 5.26 Å². The number of anilines is 2. The van der Waals surface area contributed by atoms with E-state index in [2.05, 4.69) is 5.32 Å². The van der Waals surface area contributed by atoms with Crippen LogP contribution in [0.4, 0.5) is 15.8 Å². The van der Waals surface area contributed by atoms with Crippen LogP contribution in [-0.4, -0.2) is 5.97 Å². The smallest absolute Gasteiger partial charge is 0.308 e. The Labute approximate surface area is 115 Å². The summed E-state index contributed by atoms with van der Waals surface area (Å²) in [5.41, 5.74) is 1.20. The van der Waals surface area contributed by atoms with Gasteiger partial charge < -0.3 is 10.1 Å². The number of carbonyl (C=O) groups is 1. The van der Waals surface area contributed by atoms with Crippen LogP contribution in [0.2, 0.25) is 0 Å². The first-order valence-corrected chi connectivity index (χ1v) is 5.84. The van der Waals surface area contributed by atoms with Gasteiger partial charge in [-0.1, -0.05) is 12.1 Å². The third-order valence-electron chi connectivity index (χ3n) is 2.49. The molecule has 4 nitrogen and oxygen atoms in total. The topological polar surface area (TPSA) is 62.1 Å². The van der Waals surface area contributed by atoms with E-state index in [1.54, 1.807) is 30.3 Å². The van der Waals surface area contributed by atoms with Gasteiger partial charge in [-0.3, -0.25) is 4.79 Å². The molecular formula is C15H11FN2O2. The maximum atomic E-state index is 14.1. The maximum absolute atomic E-state index is 14.1. The second kappa shape index (κ2) is 5.85. The average molecular weight is 270 g/mol. The summed E-state index contributed by atoms with van der Waals surface area (Å²) < 4.78 is 18.9. The van der Waals surface area contributed by atoms with E-state index >= 15 is 0 Å². The molecule has 0 saturated heterocycles. The zero-order chi connectivity index (χ0) is 14.5. The van der Waals surface area contributed by atoms with Crippen LogP contribution in [0.25, 0.3) is 0 Å². The van der Waals surface area contributed by atoms with Crippen LogP contribution in [0.5, 0.6) is 5.75 Å². The molecule has 0 saturated carbocycles. The SMILES string of the molecule is CC(=O)Oc1cccc(Nc2cccc(C#N)c2)c1F. The van der Waals surface area contributed by atoms with Gasteiger partial charge in [0.05, 0.1) is 17.3 Å². The van der Waals surface area contributed by atoms with E-state index < -0.39 is 11.8 Å². The predicted octanol–water partition coefficient (Wildman–Crippen LogP) is 3.37. The number of esters is 1. The molecule has 0 heterocycles. The molecule has 0 atom stereocenters. The largest absolute Gasteiger partial charge is 0.423 e. The quantitative estimate of drug-likeness (QED) is 0.686. The highest BCUT2D eigenvalue weighted by atomic mass is 19.1. The molecule has 1 N–H and O–H groups in total. The number of nitriles is 1. The van der Waals surface area contributed by atoms with E-state index in [0.29, 0.717) is 11.3 Å². The van der Waals surface area contributed by atoms with Crippen molar-refractivity contribution in [1.82, 2.24) is 0 Å². The van der Waals surface area contributed by atoms with Crippen LogP contribution in [0.1, 0.15) is 12.5 Å². The summed E-state index contributed by atoms with van der Waals surface area (Å²) in [7, 11) is 0. The normalized spacial score (nSPS) is 9.65. The van der Waals surface area contributed by atoms with E-state index in [0.717, 1.165) is 0 Å². The van der Waals surface area contributed by atoms with Crippen molar-refractivity contribution < 1.29 is 13.9 Å². The second-order valence-corrected chi connectivity index (χ2v) is 4.03. The first-order chi connectivity index (χ1) is 9.60. The molecule has 2 aromatic rings. The molecular weight excluding hydrogens is 259 g/mol. The Hall–Kier alpha value is -2.87. The lowest BCUT2D eigenvalue weighted by Crippen LogP contribution is -2.04. The summed E-state index contributed by atoms with van der Waals surface area (Å²) in [5, 5.41) is 11.7. The lowest BCUT2D eigenvalue weighted by molar-refractivity contribution is -0.132. The molecule has 0 aliphatic rings. The highest BCUT2D eigenvalue weighted by molar-refractivity contribution is 5.71. The molecule has 0 aliphatic heterocycles. The van der Waals surface area contributed by atoms with Gasteiger partial charge in [-0.05, 0) is 30.3 Å². The van der Waals surface area contributed by atoms with Gasteiger partial charge in [-0.15, -0.1) is 0 Å². The number of rotatable bonds is 3. The van der Waals surface area contributed by atoms with Crippen LogP contribution < -0.4 is 10.1 Å². The first-order valence-electron chi connectivity index (χ1n) is 5.84. The van der Waals surface area contributed by atoms with Crippen LogP contribution in [-0.2, 0) is 4.79 Å². The van der Waals surface area contributed by atoms with Crippen molar-refractivity contribution >= 4 is 17.3 Å². The minimum atomic E-state index is -0.662. The van der Waals surface area contributed by atoms with Gasteiger partial charge in [0.2, 0.25) is 0 Å². The third-order valence-corrected chi connectivity index (χ3v) is 2.49. The van der Waals surface area contributed by atoms with Crippen LogP contribution in [0, 0.1) is 17.1 Å². The number of nitrogens with zero attached hydrogens (tertiary/aromatic N) is 1. The molecule has 100 valence electrons. The predicted molar refractivity (Wildman–Crippen MR) is 72.1 cm³/mol. The van der Waals surface area contributed by atoms with Crippen LogP contribution >= 0.6 is 0 Å². The number of carbonyl (C=O) groups excluding carboxylic acids is 1. The molecule has 5 heteroatoms. The Kier molecular flexibility index (Phi) is 3.96. The molecule has 0 spiro atoms. The van der Waals surface area contributed by atoms with Gasteiger partial charge in [0, 0.05) is 12.6 Å². The molecule has 20 heavy (non-hydrogen) atoms. The molecule has 0 aromatic heterocycles. The van der Waals surface area contributed by atoms with Crippen molar-refractivity contribution in [2.45, 2.75) is 6.92 Å². The first kappa shape index (κ1) is 13.6. The summed E-state index contributed by atoms with van der Waals surface area (Å²) in [5.74, 6) is -1.39. The molecule has 0 amide bonds. The van der Waals surface area contributed by atoms with E-state index in [1.165, 1.54) is 19.1 Å². The summed E-state index contributed by atoms with van der Waals surface area (Å²) in [6, 6.07) is 13.1. The maximum Gasteiger partial charge on any atom is 0.308 e. The minimum absolute atomic E-state index is 0.140. The Morgan fingerprint density at radius 1 is 1.30 bits per heavy atom. The lowest BCUT2D eigenvalue weighted by Gasteiger charge is -2.10. The molecule has 0 bridgehead atoms. The number of ether oxygens (including phenoxy) is 1. The van der Waals surface area contributed by atoms with E-state index in [4.69, 9.17) is 10.00 Å². The fraction of sp³-hybridized carbons (Fsp3) is 0.0667. The summed E-state index contributed by atoms with van der Waals surface area (Å²) >= 11 is 0. The Bertz CT molecular complexity index is 693. The monoisotopic (exact) mass is 270 g/mol. The summed E-state index contributed by atoms with van der Waals surface area (Å²) in [6.45, 7) is 1.20. The second-order valence-electron chi connectivity index (χ2n) is 4.03. The van der Waals surface area contributed by atoms with Gasteiger partial charge in [0.25, 0.3) is 0 Å². The number of halogens is 1. The number of hydrogen-bond donors (Lipinski definition) is 1. The Morgan fingerprint density at radius 3 is 2.75 bits per heavy atom. The van der Waals surface area contributed by atoms with Gasteiger partial charge in [0.1, 0.15) is 0 Å². The lowest BCUT2D eigenvalue weighted by atomic mass is 10.2. The molecule has 0 unspecified atom stereocenters. The van der Waals surface area contributed by atoms with Gasteiger partial charge in [-0.25, -0.2) is 4.39 Å². The zero-order valence-corrected chi connectivity index (χ0v) is 10.7. The summed E-state index contributed by atoms with van der Waals surface area (Å²) in [6.07, 6.45) is 0. The highest BCUT2D eigenvalue weighted by Crippen LogP contribution is 2.27. The Balaban J connectivity index is 2.29. The summed E-state index contributed by atoms with van der Waals surface area (Å²) in [4.78, 5) is 10.9. The minimum Gasteiger partial charge on any atom is -0.423 e. The fourth-order valence-corrected chi connectivity index (χ4v) is 1.66. The average Bonchev–Trinajstić information content (AvgIpc) is 2.43. The molecule has 2 rings (SSSR count). The van der Waals surface area contributed by atoms with E-state index in [-0.39, 0.29) is 11.4 Å². The van der Waals surface area contributed by atoms with Crippen molar-refractivity contribution in [2.24, 2.45) is 0 Å². The van der Waals surface area contributed by atoms with Crippen molar-refractivity contribution in [3.05, 3.63) is 53.8 Å². The number of benzene rings is 2. The van der Waals surface area contributed by atoms with Crippen molar-refractivity contribution in [2.75, 3.05) is 5.32 Å². The fourth-order valence-electron chi connectivity index (χ4n) is 1.66. The van der Waals surface area contributed by atoms with E-state index in [1.807, 2.05) is 6.07 Å². The number of hydrogen-bond acceptors (Lipinski definition) is 4. The van der Waals surface area contributed by atoms with Gasteiger partial charge >= 0.3 is 5.97 Å². The zero-order valence-electron chi connectivity index (χ0n) is 10.7. The van der Waals surface area contributed by atoms with Crippen molar-refractivity contribution in [3.8, 4) is 11.8 Å².